The van der Waals surface area contributed by atoms with Crippen LogP contribution in [0.15, 0.2) is 15.7 Å². The van der Waals surface area contributed by atoms with E-state index in [2.05, 4.69) is 0 Å². The summed E-state index contributed by atoms with van der Waals surface area (Å²) < 4.78 is 31.9. The maximum absolute atomic E-state index is 10.7. The topological polar surface area (TPSA) is 58.6 Å². The molecule has 0 saturated carbocycles. The molecule has 1 atom stereocenters. The third kappa shape index (κ3) is 2.47. The van der Waals surface area contributed by atoms with Crippen molar-refractivity contribution < 1.29 is 37.1 Å². The van der Waals surface area contributed by atoms with Crippen LogP contribution >= 0.6 is 11.3 Å². The van der Waals surface area contributed by atoms with Crippen LogP contribution in [0.2, 0.25) is 0 Å². The van der Waals surface area contributed by atoms with Gasteiger partial charge in [0.1, 0.15) is 0 Å². The molecule has 72 valence electrons. The first-order valence-corrected chi connectivity index (χ1v) is 5.69. The Morgan fingerprint density at radius 2 is 2.07 bits per heavy atom. The Bertz CT molecular complexity index is 321. The predicted molar refractivity (Wildman–Crippen MR) is 46.1 cm³/mol. The van der Waals surface area contributed by atoms with Crippen LogP contribution in [0, 0.1) is 0 Å². The molecule has 0 aliphatic carbocycles. The Morgan fingerprint density at radius 1 is 1.43 bits per heavy atom. The molecule has 0 aromatic carbocycles. The molecule has 1 unspecified atom stereocenters. The first-order valence-electron chi connectivity index (χ1n) is 3.67. The summed E-state index contributed by atoms with van der Waals surface area (Å²) in [5.41, 5.74) is 0.607. The number of thiophene rings is 1. The molecule has 7 heteroatoms. The zero-order valence-corrected chi connectivity index (χ0v) is 9.23. The molecule has 14 heavy (non-hydrogen) atoms. The van der Waals surface area contributed by atoms with Gasteiger partial charge in [-0.15, -0.1) is 0 Å². The standard InChI is InChI=1S/C7H8O4S2.Li/c8-13(9)6-4-12-3-5(6)7-10-1-2-11-7;/h3-4,7H,1-2H2,(H,8,9);/q;+1/p-1. The van der Waals surface area contributed by atoms with E-state index < -0.39 is 17.4 Å². The van der Waals surface area contributed by atoms with E-state index in [-0.39, 0.29) is 23.8 Å². The Labute approximate surface area is 100 Å². The first-order chi connectivity index (χ1) is 6.29. The largest absolute Gasteiger partial charge is 1.00 e. The number of hydrogen-bond donors (Lipinski definition) is 0. The molecule has 1 aliphatic heterocycles. The van der Waals surface area contributed by atoms with E-state index in [1.54, 1.807) is 10.8 Å². The maximum Gasteiger partial charge on any atom is 1.00 e. The number of rotatable bonds is 2. The van der Waals surface area contributed by atoms with Gasteiger partial charge in [-0.1, -0.05) is 0 Å². The van der Waals surface area contributed by atoms with Gasteiger partial charge in [-0.25, -0.2) is 0 Å². The van der Waals surface area contributed by atoms with Gasteiger partial charge in [0.05, 0.1) is 13.2 Å². The summed E-state index contributed by atoms with van der Waals surface area (Å²) in [4.78, 5) is 0.275. The van der Waals surface area contributed by atoms with Gasteiger partial charge in [0.2, 0.25) is 0 Å². The molecule has 2 heterocycles. The summed E-state index contributed by atoms with van der Waals surface area (Å²) in [6, 6.07) is 0. The number of ether oxygens (including phenoxy) is 2. The molecule has 1 saturated heterocycles. The Kier molecular flexibility index (Phi) is 4.80. The van der Waals surface area contributed by atoms with Crippen molar-refractivity contribution in [3.05, 3.63) is 16.3 Å². The Balaban J connectivity index is 0.000000980. The molecular formula is C7H7LiO4S2. The van der Waals surface area contributed by atoms with Gasteiger partial charge in [0.25, 0.3) is 0 Å². The second-order valence-corrected chi connectivity index (χ2v) is 4.15. The minimum Gasteiger partial charge on any atom is -0.768 e. The Morgan fingerprint density at radius 3 is 2.64 bits per heavy atom. The summed E-state index contributed by atoms with van der Waals surface area (Å²) in [7, 11) is 0. The van der Waals surface area contributed by atoms with Crippen molar-refractivity contribution in [3.8, 4) is 0 Å². The zero-order valence-electron chi connectivity index (χ0n) is 7.60. The second kappa shape index (κ2) is 5.42. The van der Waals surface area contributed by atoms with Gasteiger partial charge in [0, 0.05) is 21.2 Å². The summed E-state index contributed by atoms with van der Waals surface area (Å²) in [6.45, 7) is 1.04. The van der Waals surface area contributed by atoms with Crippen molar-refractivity contribution in [2.24, 2.45) is 0 Å². The minimum atomic E-state index is -2.20. The average Bonchev–Trinajstić information content (AvgIpc) is 2.74. The normalized spacial score (nSPS) is 19.2. The van der Waals surface area contributed by atoms with Crippen LogP contribution in [0.1, 0.15) is 11.9 Å². The summed E-state index contributed by atoms with van der Waals surface area (Å²) in [5.74, 6) is 0. The third-order valence-electron chi connectivity index (χ3n) is 1.71. The molecular weight excluding hydrogens is 219 g/mol. The van der Waals surface area contributed by atoms with Crippen molar-refractivity contribution in [1.29, 1.82) is 0 Å². The van der Waals surface area contributed by atoms with Crippen LogP contribution < -0.4 is 18.9 Å². The fourth-order valence-corrected chi connectivity index (χ4v) is 2.76. The second-order valence-electron chi connectivity index (χ2n) is 2.50. The minimum absolute atomic E-state index is 0. The molecule has 1 aromatic rings. The molecule has 1 fully saturated rings. The molecule has 0 N–H and O–H groups in total. The zero-order chi connectivity index (χ0) is 9.26. The quantitative estimate of drug-likeness (QED) is 0.434. The Hall–Kier alpha value is 0.327. The fourth-order valence-electron chi connectivity index (χ4n) is 1.14. The van der Waals surface area contributed by atoms with Gasteiger partial charge < -0.3 is 14.0 Å². The van der Waals surface area contributed by atoms with E-state index in [1.165, 1.54) is 11.3 Å². The predicted octanol–water partition coefficient (Wildman–Crippen LogP) is -1.96. The molecule has 1 aromatic heterocycles. The average molecular weight is 226 g/mol. The van der Waals surface area contributed by atoms with E-state index in [4.69, 9.17) is 9.47 Å². The van der Waals surface area contributed by atoms with Gasteiger partial charge >= 0.3 is 18.9 Å². The monoisotopic (exact) mass is 226 g/mol. The third-order valence-corrected chi connectivity index (χ3v) is 3.33. The van der Waals surface area contributed by atoms with Crippen LogP contribution in [0.3, 0.4) is 0 Å². The van der Waals surface area contributed by atoms with Gasteiger partial charge in [0.15, 0.2) is 6.29 Å². The van der Waals surface area contributed by atoms with Crippen molar-refractivity contribution in [3.63, 3.8) is 0 Å². The van der Waals surface area contributed by atoms with E-state index >= 15 is 0 Å². The smallest absolute Gasteiger partial charge is 0.768 e. The van der Waals surface area contributed by atoms with E-state index in [0.29, 0.717) is 18.8 Å². The van der Waals surface area contributed by atoms with Crippen molar-refractivity contribution >= 4 is 22.4 Å². The summed E-state index contributed by atoms with van der Waals surface area (Å²) in [5, 5.41) is 3.31. The molecule has 1 aliphatic rings. The fraction of sp³-hybridized carbons (Fsp3) is 0.429. The molecule has 0 bridgehead atoms. The van der Waals surface area contributed by atoms with E-state index in [9.17, 15) is 8.76 Å². The maximum atomic E-state index is 10.7. The van der Waals surface area contributed by atoms with Crippen LogP contribution in [-0.4, -0.2) is 22.0 Å². The molecule has 4 nitrogen and oxygen atoms in total. The van der Waals surface area contributed by atoms with Crippen molar-refractivity contribution in [2.75, 3.05) is 13.2 Å². The van der Waals surface area contributed by atoms with Gasteiger partial charge in [-0.3, -0.25) is 4.21 Å². The SMILES string of the molecule is O=S([O-])c1cscc1C1OCCO1.[Li+]. The molecule has 0 amide bonds. The van der Waals surface area contributed by atoms with Crippen molar-refractivity contribution in [1.82, 2.24) is 0 Å². The summed E-state index contributed by atoms with van der Waals surface area (Å²) in [6.07, 6.45) is -0.501. The van der Waals surface area contributed by atoms with Crippen LogP contribution in [0.4, 0.5) is 0 Å². The molecule has 0 spiro atoms. The van der Waals surface area contributed by atoms with Crippen LogP contribution in [0.25, 0.3) is 0 Å². The van der Waals surface area contributed by atoms with E-state index in [1.807, 2.05) is 0 Å². The number of hydrogen-bond acceptors (Lipinski definition) is 5. The van der Waals surface area contributed by atoms with Crippen molar-refractivity contribution in [2.45, 2.75) is 11.2 Å². The van der Waals surface area contributed by atoms with Crippen LogP contribution in [-0.2, 0) is 20.6 Å². The van der Waals surface area contributed by atoms with Gasteiger partial charge in [-0.2, -0.15) is 11.3 Å². The first kappa shape index (κ1) is 12.4. The molecule has 2 rings (SSSR count). The summed E-state index contributed by atoms with van der Waals surface area (Å²) >= 11 is -0.877. The van der Waals surface area contributed by atoms with Crippen LogP contribution in [0.5, 0.6) is 0 Å². The van der Waals surface area contributed by atoms with E-state index in [0.717, 1.165) is 0 Å². The van der Waals surface area contributed by atoms with Gasteiger partial charge in [-0.05, 0) is 11.1 Å². The molecule has 0 radical (unpaired) electrons.